The zero-order valence-electron chi connectivity index (χ0n) is 9.60. The molecule has 0 bridgehead atoms. The normalized spacial score (nSPS) is 10.7. The molecular weight excluding hydrogens is 241 g/mol. The number of hydrogen-bond acceptors (Lipinski definition) is 1. The number of halogens is 2. The monoisotopic (exact) mass is 259 g/mol. The van der Waals surface area contributed by atoms with Crippen molar-refractivity contribution >= 4 is 30.1 Å². The summed E-state index contributed by atoms with van der Waals surface area (Å²) in [6.07, 6.45) is 4.34. The molecule has 0 N–H and O–H groups in total. The van der Waals surface area contributed by atoms with Crippen molar-refractivity contribution in [1.29, 1.82) is 0 Å². The van der Waals surface area contributed by atoms with E-state index in [-0.39, 0.29) is 12.4 Å². The van der Waals surface area contributed by atoms with Gasteiger partial charge in [0.05, 0.1) is 0 Å². The fraction of sp³-hybridized carbons (Fsp3) is 0.385. The van der Waals surface area contributed by atoms with Crippen LogP contribution in [-0.4, -0.2) is 30.4 Å². The first-order valence-corrected chi connectivity index (χ1v) is 5.90. The third-order valence-electron chi connectivity index (χ3n) is 2.32. The topological polar surface area (TPSA) is 3.24 Å². The minimum absolute atomic E-state index is 0. The van der Waals surface area contributed by atoms with Gasteiger partial charge < -0.3 is 0 Å². The van der Waals surface area contributed by atoms with Crippen molar-refractivity contribution in [2.45, 2.75) is 6.92 Å². The van der Waals surface area contributed by atoms with E-state index in [4.69, 9.17) is 11.6 Å². The van der Waals surface area contributed by atoms with Gasteiger partial charge in [-0.3, -0.25) is 4.90 Å². The van der Waals surface area contributed by atoms with E-state index < -0.39 is 0 Å². The lowest BCUT2D eigenvalue weighted by atomic mass is 10.2. The number of rotatable bonds is 6. The van der Waals surface area contributed by atoms with Gasteiger partial charge in [0.15, 0.2) is 0 Å². The van der Waals surface area contributed by atoms with Crippen LogP contribution in [0, 0.1) is 0 Å². The summed E-state index contributed by atoms with van der Waals surface area (Å²) < 4.78 is 0. The van der Waals surface area contributed by atoms with Crippen LogP contribution in [0.3, 0.4) is 0 Å². The van der Waals surface area contributed by atoms with Crippen molar-refractivity contribution in [3.05, 3.63) is 42.0 Å². The number of hydrogen-bond donors (Lipinski definition) is 0. The summed E-state index contributed by atoms with van der Waals surface area (Å²) in [5.41, 5.74) is 1.25. The van der Waals surface area contributed by atoms with Crippen LogP contribution in [-0.2, 0) is 0 Å². The average molecular weight is 260 g/mol. The second-order valence-electron chi connectivity index (χ2n) is 3.40. The highest BCUT2D eigenvalue weighted by molar-refractivity contribution is 6.18. The van der Waals surface area contributed by atoms with Crippen LogP contribution in [0.4, 0.5) is 0 Å². The first-order valence-electron chi connectivity index (χ1n) is 5.36. The van der Waals surface area contributed by atoms with E-state index in [0.717, 1.165) is 19.6 Å². The summed E-state index contributed by atoms with van der Waals surface area (Å²) in [6, 6.07) is 10.3. The molecule has 1 rings (SSSR count). The van der Waals surface area contributed by atoms with Crippen LogP contribution in [0.2, 0.25) is 0 Å². The Balaban J connectivity index is 0.00000225. The van der Waals surface area contributed by atoms with Crippen LogP contribution < -0.4 is 0 Å². The first kappa shape index (κ1) is 15.5. The highest BCUT2D eigenvalue weighted by Crippen LogP contribution is 2.01. The molecule has 0 heterocycles. The SMILES string of the molecule is CCN(C/C=C/c1ccccc1)CCCl.Cl. The van der Waals surface area contributed by atoms with Crippen LogP contribution in [0.5, 0.6) is 0 Å². The largest absolute Gasteiger partial charge is 0.299 e. The Bertz CT molecular complexity index is 285. The standard InChI is InChI=1S/C13H18ClN.ClH/c1-2-15(12-10-14)11-6-9-13-7-4-3-5-8-13;/h3-9H,2,10-12H2,1H3;1H/b9-6+;. The van der Waals surface area contributed by atoms with Crippen molar-refractivity contribution in [2.24, 2.45) is 0 Å². The Morgan fingerprint density at radius 1 is 1.25 bits per heavy atom. The third kappa shape index (κ3) is 6.16. The van der Waals surface area contributed by atoms with Gasteiger partial charge in [0, 0.05) is 19.0 Å². The molecule has 1 aromatic rings. The molecule has 0 aliphatic rings. The number of benzene rings is 1. The molecule has 0 aliphatic carbocycles. The van der Waals surface area contributed by atoms with E-state index in [2.05, 4.69) is 48.2 Å². The minimum Gasteiger partial charge on any atom is -0.299 e. The van der Waals surface area contributed by atoms with Crippen molar-refractivity contribution in [3.63, 3.8) is 0 Å². The highest BCUT2D eigenvalue weighted by atomic mass is 35.5. The zero-order chi connectivity index (χ0) is 10.9. The third-order valence-corrected chi connectivity index (χ3v) is 2.49. The van der Waals surface area contributed by atoms with E-state index >= 15 is 0 Å². The lowest BCUT2D eigenvalue weighted by Crippen LogP contribution is -2.25. The van der Waals surface area contributed by atoms with E-state index in [1.807, 2.05) is 6.07 Å². The van der Waals surface area contributed by atoms with E-state index in [9.17, 15) is 0 Å². The van der Waals surface area contributed by atoms with Crippen molar-refractivity contribution in [1.82, 2.24) is 4.90 Å². The van der Waals surface area contributed by atoms with Gasteiger partial charge in [-0.2, -0.15) is 0 Å². The maximum Gasteiger partial charge on any atom is 0.0351 e. The van der Waals surface area contributed by atoms with E-state index in [0.29, 0.717) is 5.88 Å². The maximum atomic E-state index is 5.71. The Morgan fingerprint density at radius 2 is 1.94 bits per heavy atom. The molecule has 0 saturated carbocycles. The Kier molecular flexibility index (Phi) is 9.40. The summed E-state index contributed by atoms with van der Waals surface area (Å²) in [6.45, 7) is 5.13. The quantitative estimate of drug-likeness (QED) is 0.705. The maximum absolute atomic E-state index is 5.71. The summed E-state index contributed by atoms with van der Waals surface area (Å²) in [7, 11) is 0. The van der Waals surface area contributed by atoms with Gasteiger partial charge in [0.1, 0.15) is 0 Å². The lowest BCUT2D eigenvalue weighted by Gasteiger charge is -2.16. The van der Waals surface area contributed by atoms with Gasteiger partial charge in [0.2, 0.25) is 0 Å². The predicted octanol–water partition coefficient (Wildman–Crippen LogP) is 3.68. The molecule has 1 nitrogen and oxygen atoms in total. The summed E-state index contributed by atoms with van der Waals surface area (Å²) >= 11 is 5.71. The summed E-state index contributed by atoms with van der Waals surface area (Å²) in [5, 5.41) is 0. The van der Waals surface area contributed by atoms with Crippen LogP contribution in [0.25, 0.3) is 6.08 Å². The average Bonchev–Trinajstić information content (AvgIpc) is 2.29. The van der Waals surface area contributed by atoms with E-state index in [1.165, 1.54) is 5.56 Å². The van der Waals surface area contributed by atoms with Gasteiger partial charge in [-0.25, -0.2) is 0 Å². The predicted molar refractivity (Wildman–Crippen MR) is 75.6 cm³/mol. The molecule has 0 aliphatic heterocycles. The number of likely N-dealkylation sites (N-methyl/N-ethyl adjacent to an activating group) is 1. The van der Waals surface area contributed by atoms with Crippen molar-refractivity contribution in [2.75, 3.05) is 25.5 Å². The zero-order valence-corrected chi connectivity index (χ0v) is 11.2. The summed E-state index contributed by atoms with van der Waals surface area (Å²) in [5.74, 6) is 0.701. The molecule has 1 aromatic carbocycles. The molecule has 0 atom stereocenters. The molecule has 0 aromatic heterocycles. The Labute approximate surface area is 110 Å². The van der Waals surface area contributed by atoms with Crippen molar-refractivity contribution in [3.8, 4) is 0 Å². The van der Waals surface area contributed by atoms with Gasteiger partial charge in [0.25, 0.3) is 0 Å². The van der Waals surface area contributed by atoms with Gasteiger partial charge in [-0.1, -0.05) is 49.4 Å². The van der Waals surface area contributed by atoms with Crippen LogP contribution >= 0.6 is 24.0 Å². The van der Waals surface area contributed by atoms with Gasteiger partial charge >= 0.3 is 0 Å². The molecule has 0 spiro atoms. The summed E-state index contributed by atoms with van der Waals surface area (Å²) in [4.78, 5) is 2.31. The fourth-order valence-electron chi connectivity index (χ4n) is 1.40. The number of alkyl halides is 1. The lowest BCUT2D eigenvalue weighted by molar-refractivity contribution is 0.340. The Morgan fingerprint density at radius 3 is 2.50 bits per heavy atom. The van der Waals surface area contributed by atoms with Crippen LogP contribution in [0.15, 0.2) is 36.4 Å². The van der Waals surface area contributed by atoms with Crippen molar-refractivity contribution < 1.29 is 0 Å². The molecule has 3 heteroatoms. The second kappa shape index (κ2) is 9.71. The molecule has 0 amide bonds. The molecule has 0 fully saturated rings. The second-order valence-corrected chi connectivity index (χ2v) is 3.77. The highest BCUT2D eigenvalue weighted by Gasteiger charge is 1.96. The molecule has 0 radical (unpaired) electrons. The first-order chi connectivity index (χ1) is 7.36. The smallest absolute Gasteiger partial charge is 0.0351 e. The molecule has 90 valence electrons. The van der Waals surface area contributed by atoms with Crippen LogP contribution in [0.1, 0.15) is 12.5 Å². The van der Waals surface area contributed by atoms with E-state index in [1.54, 1.807) is 0 Å². The minimum atomic E-state index is 0. The molecule has 0 saturated heterocycles. The fourth-order valence-corrected chi connectivity index (χ4v) is 1.64. The molecule has 0 unspecified atom stereocenters. The molecule has 16 heavy (non-hydrogen) atoms. The number of nitrogens with zero attached hydrogens (tertiary/aromatic N) is 1. The van der Waals surface area contributed by atoms with Gasteiger partial charge in [-0.05, 0) is 12.1 Å². The Hall–Kier alpha value is -0.500. The molecular formula is C13H19Cl2N. The van der Waals surface area contributed by atoms with Gasteiger partial charge in [-0.15, -0.1) is 24.0 Å².